The number of hydrogen-bond donors (Lipinski definition) is 2. The molecule has 3 aliphatic heterocycles. The van der Waals surface area contributed by atoms with Crippen molar-refractivity contribution in [3.8, 4) is 0 Å². The van der Waals surface area contributed by atoms with Gasteiger partial charge in [-0.15, -0.1) is 0 Å². The number of aromatic nitrogens is 2. The summed E-state index contributed by atoms with van der Waals surface area (Å²) in [6, 6.07) is 6.03. The van der Waals surface area contributed by atoms with E-state index in [0.717, 1.165) is 67.4 Å². The molecule has 4 heterocycles. The first kappa shape index (κ1) is 20.5. The summed E-state index contributed by atoms with van der Waals surface area (Å²) < 4.78 is 2.15. The third-order valence-electron chi connectivity index (χ3n) is 7.32. The van der Waals surface area contributed by atoms with Crippen LogP contribution in [0.3, 0.4) is 0 Å². The Morgan fingerprint density at radius 2 is 1.97 bits per heavy atom. The minimum absolute atomic E-state index is 0.213. The summed E-state index contributed by atoms with van der Waals surface area (Å²) in [6.45, 7) is 8.50. The van der Waals surface area contributed by atoms with Gasteiger partial charge in [0.25, 0.3) is 0 Å². The molecule has 0 bridgehead atoms. The highest BCUT2D eigenvalue weighted by Crippen LogP contribution is 2.32. The highest BCUT2D eigenvalue weighted by Gasteiger charge is 2.29. The molecule has 8 heteroatoms. The number of hydrogen-bond acceptors (Lipinski definition) is 5. The van der Waals surface area contributed by atoms with Crippen LogP contribution in [0.4, 0.5) is 10.5 Å². The molecule has 0 spiro atoms. The van der Waals surface area contributed by atoms with Crippen LogP contribution in [0.5, 0.6) is 0 Å². The number of imide groups is 1. The summed E-state index contributed by atoms with van der Waals surface area (Å²) in [5.41, 5.74) is 1.89. The lowest BCUT2D eigenvalue weighted by atomic mass is 9.87. The number of anilines is 1. The van der Waals surface area contributed by atoms with Gasteiger partial charge < -0.3 is 10.2 Å². The predicted octanol–water partition coefficient (Wildman–Crippen LogP) is 2.37. The Kier molecular flexibility index (Phi) is 5.67. The van der Waals surface area contributed by atoms with Crippen molar-refractivity contribution in [1.82, 2.24) is 25.3 Å². The van der Waals surface area contributed by atoms with Crippen molar-refractivity contribution in [1.29, 1.82) is 0 Å². The summed E-state index contributed by atoms with van der Waals surface area (Å²) in [6.07, 6.45) is 5.67. The highest BCUT2D eigenvalue weighted by molar-refractivity contribution is 6.09. The van der Waals surface area contributed by atoms with Crippen molar-refractivity contribution in [3.05, 3.63) is 24.4 Å². The van der Waals surface area contributed by atoms with Crippen molar-refractivity contribution < 1.29 is 9.59 Å². The first-order valence-corrected chi connectivity index (χ1v) is 11.6. The van der Waals surface area contributed by atoms with Crippen LogP contribution in [-0.2, 0) is 4.79 Å². The van der Waals surface area contributed by atoms with E-state index in [-0.39, 0.29) is 11.9 Å². The summed E-state index contributed by atoms with van der Waals surface area (Å²) in [4.78, 5) is 28.1. The molecule has 2 atom stereocenters. The molecule has 3 fully saturated rings. The van der Waals surface area contributed by atoms with Gasteiger partial charge in [0.05, 0.1) is 23.4 Å². The Balaban J connectivity index is 1.28. The fourth-order valence-corrected chi connectivity index (χ4v) is 5.39. The second-order valence-corrected chi connectivity index (χ2v) is 9.32. The molecule has 5 rings (SSSR count). The average molecular weight is 425 g/mol. The van der Waals surface area contributed by atoms with Gasteiger partial charge in [0, 0.05) is 38.0 Å². The molecule has 0 unspecified atom stereocenters. The highest BCUT2D eigenvalue weighted by atomic mass is 16.2. The van der Waals surface area contributed by atoms with Crippen molar-refractivity contribution >= 4 is 28.5 Å². The number of piperidine rings is 2. The molecule has 1 aromatic carbocycles. The summed E-state index contributed by atoms with van der Waals surface area (Å²) >= 11 is 0. The zero-order chi connectivity index (χ0) is 21.4. The first-order valence-electron chi connectivity index (χ1n) is 11.6. The summed E-state index contributed by atoms with van der Waals surface area (Å²) in [5.74, 6) is 1.34. The second kappa shape index (κ2) is 8.59. The van der Waals surface area contributed by atoms with E-state index in [0.29, 0.717) is 19.0 Å². The van der Waals surface area contributed by atoms with Gasteiger partial charge in [-0.25, -0.2) is 4.79 Å². The van der Waals surface area contributed by atoms with Crippen LogP contribution >= 0.6 is 0 Å². The fraction of sp³-hybridized carbons (Fsp3) is 0.609. The number of rotatable bonds is 4. The van der Waals surface area contributed by atoms with Gasteiger partial charge in [-0.3, -0.25) is 19.7 Å². The van der Waals surface area contributed by atoms with Crippen molar-refractivity contribution in [2.45, 2.75) is 38.6 Å². The molecule has 0 saturated carbocycles. The minimum atomic E-state index is -0.350. The number of carbonyl (C=O) groups is 2. The Labute approximate surface area is 182 Å². The van der Waals surface area contributed by atoms with Crippen LogP contribution in [0.1, 0.15) is 38.6 Å². The van der Waals surface area contributed by atoms with Gasteiger partial charge in [-0.1, -0.05) is 13.0 Å². The first-order chi connectivity index (χ1) is 15.1. The van der Waals surface area contributed by atoms with E-state index in [1.54, 1.807) is 4.90 Å². The topological polar surface area (TPSA) is 82.5 Å². The SMILES string of the molecule is C[C@H]1CNCC[C@H]1CN1CCC(n2ncc3c(N4CCC(=O)NC4=O)cccc32)CC1. The summed E-state index contributed by atoms with van der Waals surface area (Å²) in [7, 11) is 0. The van der Waals surface area contributed by atoms with E-state index in [9.17, 15) is 9.59 Å². The quantitative estimate of drug-likeness (QED) is 0.787. The van der Waals surface area contributed by atoms with Gasteiger partial charge in [0.15, 0.2) is 0 Å². The predicted molar refractivity (Wildman–Crippen MR) is 120 cm³/mol. The molecule has 166 valence electrons. The molecule has 0 aliphatic carbocycles. The lowest BCUT2D eigenvalue weighted by molar-refractivity contribution is -0.120. The fourth-order valence-electron chi connectivity index (χ4n) is 5.39. The van der Waals surface area contributed by atoms with Crippen molar-refractivity contribution in [3.63, 3.8) is 0 Å². The van der Waals surface area contributed by atoms with Crippen molar-refractivity contribution in [2.24, 2.45) is 11.8 Å². The van der Waals surface area contributed by atoms with E-state index < -0.39 is 0 Å². The maximum absolute atomic E-state index is 12.3. The molecule has 3 amide bonds. The third-order valence-corrected chi connectivity index (χ3v) is 7.32. The third kappa shape index (κ3) is 4.06. The van der Waals surface area contributed by atoms with Gasteiger partial charge in [0.2, 0.25) is 5.91 Å². The standard InChI is InChI=1S/C23H32N6O2/c1-16-13-24-9-5-17(16)15-27-10-6-18(7-11-27)29-21-4-2-3-20(19(21)14-25-29)28-12-8-22(30)26-23(28)31/h2-4,14,16-18,24H,5-13,15H2,1H3,(H,26,30,31)/t16-,17-/m0/s1. The monoisotopic (exact) mass is 424 g/mol. The zero-order valence-corrected chi connectivity index (χ0v) is 18.2. The van der Waals surface area contributed by atoms with E-state index in [2.05, 4.69) is 33.2 Å². The lowest BCUT2D eigenvalue weighted by Crippen LogP contribution is -2.49. The zero-order valence-electron chi connectivity index (χ0n) is 18.2. The molecule has 0 radical (unpaired) electrons. The van der Waals surface area contributed by atoms with Gasteiger partial charge in [-0.2, -0.15) is 5.10 Å². The van der Waals surface area contributed by atoms with Crippen LogP contribution in [-0.4, -0.2) is 65.9 Å². The number of benzene rings is 1. The lowest BCUT2D eigenvalue weighted by Gasteiger charge is -2.38. The van der Waals surface area contributed by atoms with Crippen molar-refractivity contribution in [2.75, 3.05) is 44.2 Å². The van der Waals surface area contributed by atoms with E-state index in [1.807, 2.05) is 18.3 Å². The molecule has 8 nitrogen and oxygen atoms in total. The Morgan fingerprint density at radius 3 is 2.74 bits per heavy atom. The molecule has 2 aromatic rings. The average Bonchev–Trinajstić information content (AvgIpc) is 3.21. The van der Waals surface area contributed by atoms with Crippen LogP contribution in [0.25, 0.3) is 10.9 Å². The maximum Gasteiger partial charge on any atom is 0.328 e. The van der Waals surface area contributed by atoms with E-state index in [4.69, 9.17) is 5.10 Å². The van der Waals surface area contributed by atoms with Crippen LogP contribution in [0, 0.1) is 11.8 Å². The number of carbonyl (C=O) groups excluding carboxylic acids is 2. The Hall–Kier alpha value is -2.45. The number of amides is 3. The number of likely N-dealkylation sites (tertiary alicyclic amines) is 1. The molecule has 1 aromatic heterocycles. The van der Waals surface area contributed by atoms with E-state index in [1.165, 1.54) is 13.0 Å². The largest absolute Gasteiger partial charge is 0.328 e. The van der Waals surface area contributed by atoms with Crippen LogP contribution in [0.2, 0.25) is 0 Å². The van der Waals surface area contributed by atoms with E-state index >= 15 is 0 Å². The number of nitrogens with zero attached hydrogens (tertiary/aromatic N) is 4. The van der Waals surface area contributed by atoms with Crippen LogP contribution < -0.4 is 15.5 Å². The molecule has 31 heavy (non-hydrogen) atoms. The minimum Gasteiger partial charge on any atom is -0.316 e. The molecular weight excluding hydrogens is 392 g/mol. The number of urea groups is 1. The molecule has 2 N–H and O–H groups in total. The second-order valence-electron chi connectivity index (χ2n) is 9.32. The Bertz CT molecular complexity index is 964. The molecule has 3 aliphatic rings. The maximum atomic E-state index is 12.3. The number of fused-ring (bicyclic) bond motifs is 1. The molecule has 3 saturated heterocycles. The van der Waals surface area contributed by atoms with Crippen LogP contribution in [0.15, 0.2) is 24.4 Å². The van der Waals surface area contributed by atoms with Gasteiger partial charge in [0.1, 0.15) is 0 Å². The number of nitrogens with one attached hydrogen (secondary N) is 2. The summed E-state index contributed by atoms with van der Waals surface area (Å²) in [5, 5.41) is 11.6. The normalized spacial score (nSPS) is 26.4. The molecular formula is C23H32N6O2. The Morgan fingerprint density at radius 1 is 1.13 bits per heavy atom. The van der Waals surface area contributed by atoms with Gasteiger partial charge >= 0.3 is 6.03 Å². The smallest absolute Gasteiger partial charge is 0.316 e. The van der Waals surface area contributed by atoms with Gasteiger partial charge in [-0.05, 0) is 56.3 Å².